The summed E-state index contributed by atoms with van der Waals surface area (Å²) in [6, 6.07) is 5.92. The molecule has 23 heavy (non-hydrogen) atoms. The molecular formula is C17H19N5O. The highest BCUT2D eigenvalue weighted by atomic mass is 16.2. The third-order valence-electron chi connectivity index (χ3n) is 4.51. The minimum Gasteiger partial charge on any atom is -0.334 e. The normalized spacial score (nSPS) is 18.0. The van der Waals surface area contributed by atoms with Crippen LogP contribution >= 0.6 is 0 Å². The van der Waals surface area contributed by atoms with Gasteiger partial charge >= 0.3 is 0 Å². The number of nitrogens with one attached hydrogen (secondary N) is 1. The molecule has 1 N–H and O–H groups in total. The van der Waals surface area contributed by atoms with Gasteiger partial charge in [-0.3, -0.25) is 14.6 Å². The molecule has 1 amide bonds. The highest BCUT2D eigenvalue weighted by Gasteiger charge is 2.30. The number of rotatable bonds is 3. The molecule has 1 aliphatic rings. The van der Waals surface area contributed by atoms with E-state index < -0.39 is 0 Å². The van der Waals surface area contributed by atoms with Crippen molar-refractivity contribution in [1.29, 1.82) is 0 Å². The summed E-state index contributed by atoms with van der Waals surface area (Å²) in [4.78, 5) is 15.0. The number of aryl methyl sites for hydroxylation is 1. The van der Waals surface area contributed by atoms with Gasteiger partial charge in [0, 0.05) is 18.1 Å². The van der Waals surface area contributed by atoms with Crippen molar-refractivity contribution >= 4 is 16.8 Å². The maximum Gasteiger partial charge on any atom is 0.254 e. The third kappa shape index (κ3) is 2.50. The van der Waals surface area contributed by atoms with Gasteiger partial charge in [-0.15, -0.1) is 0 Å². The number of aromatic amines is 1. The van der Waals surface area contributed by atoms with Crippen LogP contribution in [0.3, 0.4) is 0 Å². The first-order chi connectivity index (χ1) is 11.2. The molecule has 118 valence electrons. The lowest BCUT2D eigenvalue weighted by atomic mass is 10.1. The Labute approximate surface area is 134 Å². The van der Waals surface area contributed by atoms with Crippen LogP contribution in [0.5, 0.6) is 0 Å². The molecule has 0 spiro atoms. The number of hydrogen-bond acceptors (Lipinski definition) is 3. The van der Waals surface area contributed by atoms with Crippen molar-refractivity contribution in [2.24, 2.45) is 0 Å². The van der Waals surface area contributed by atoms with E-state index in [0.29, 0.717) is 0 Å². The molecular weight excluding hydrogens is 290 g/mol. The predicted octanol–water partition coefficient (Wildman–Crippen LogP) is 2.37. The van der Waals surface area contributed by atoms with Gasteiger partial charge in [0.2, 0.25) is 0 Å². The van der Waals surface area contributed by atoms with Crippen molar-refractivity contribution in [2.75, 3.05) is 6.54 Å². The molecule has 0 saturated carbocycles. The number of benzene rings is 1. The fraction of sp³-hybridized carbons (Fsp3) is 0.353. The monoisotopic (exact) mass is 309 g/mol. The quantitative estimate of drug-likeness (QED) is 0.807. The first-order valence-corrected chi connectivity index (χ1v) is 7.94. The lowest BCUT2D eigenvalue weighted by Crippen LogP contribution is -2.38. The molecule has 0 radical (unpaired) electrons. The Morgan fingerprint density at radius 2 is 2.30 bits per heavy atom. The number of likely N-dealkylation sites (tertiary alicyclic amines) is 1. The SMILES string of the molecule is Cc1cnn(C[C@@H]2CCCN2C(=O)c2cccc3[nH]ncc23)c1. The number of carbonyl (C=O) groups is 1. The van der Waals surface area contributed by atoms with E-state index in [1.807, 2.05) is 47.1 Å². The lowest BCUT2D eigenvalue weighted by molar-refractivity contribution is 0.0723. The molecule has 6 heteroatoms. The summed E-state index contributed by atoms with van der Waals surface area (Å²) >= 11 is 0. The molecule has 1 aromatic carbocycles. The number of carbonyl (C=O) groups excluding carboxylic acids is 1. The Morgan fingerprint density at radius 3 is 3.13 bits per heavy atom. The van der Waals surface area contributed by atoms with E-state index in [1.54, 1.807) is 6.20 Å². The van der Waals surface area contributed by atoms with Crippen LogP contribution in [0, 0.1) is 6.92 Å². The molecule has 3 aromatic rings. The van der Waals surface area contributed by atoms with Gasteiger partial charge in [-0.25, -0.2) is 0 Å². The molecule has 6 nitrogen and oxygen atoms in total. The van der Waals surface area contributed by atoms with E-state index in [1.165, 1.54) is 0 Å². The summed E-state index contributed by atoms with van der Waals surface area (Å²) in [5.41, 5.74) is 2.76. The molecule has 0 bridgehead atoms. The summed E-state index contributed by atoms with van der Waals surface area (Å²) in [6.45, 7) is 3.58. The van der Waals surface area contributed by atoms with Crippen LogP contribution in [0.1, 0.15) is 28.8 Å². The van der Waals surface area contributed by atoms with Crippen molar-refractivity contribution in [1.82, 2.24) is 24.9 Å². The smallest absolute Gasteiger partial charge is 0.254 e. The average molecular weight is 309 g/mol. The van der Waals surface area contributed by atoms with Crippen molar-refractivity contribution in [3.8, 4) is 0 Å². The van der Waals surface area contributed by atoms with Crippen LogP contribution in [0.15, 0.2) is 36.8 Å². The van der Waals surface area contributed by atoms with Gasteiger partial charge in [0.05, 0.1) is 36.1 Å². The van der Waals surface area contributed by atoms with Gasteiger partial charge < -0.3 is 4.90 Å². The van der Waals surface area contributed by atoms with Gasteiger partial charge in [-0.2, -0.15) is 10.2 Å². The van der Waals surface area contributed by atoms with Gasteiger partial charge in [-0.1, -0.05) is 6.07 Å². The topological polar surface area (TPSA) is 66.8 Å². The molecule has 0 aliphatic carbocycles. The van der Waals surface area contributed by atoms with Crippen molar-refractivity contribution in [2.45, 2.75) is 32.4 Å². The molecule has 2 aromatic heterocycles. The van der Waals surface area contributed by atoms with Crippen molar-refractivity contribution in [3.05, 3.63) is 47.9 Å². The van der Waals surface area contributed by atoms with Gasteiger partial charge in [0.25, 0.3) is 5.91 Å². The van der Waals surface area contributed by atoms with Crippen LogP contribution in [0.2, 0.25) is 0 Å². The fourth-order valence-corrected chi connectivity index (χ4v) is 3.38. The second kappa shape index (κ2) is 5.53. The minimum atomic E-state index is 0.0865. The van der Waals surface area contributed by atoms with Gasteiger partial charge in [-0.05, 0) is 37.5 Å². The summed E-state index contributed by atoms with van der Waals surface area (Å²) in [7, 11) is 0. The number of hydrogen-bond donors (Lipinski definition) is 1. The van der Waals surface area contributed by atoms with E-state index in [9.17, 15) is 4.79 Å². The molecule has 1 fully saturated rings. The summed E-state index contributed by atoms with van der Waals surface area (Å²) in [5, 5.41) is 12.2. The zero-order valence-electron chi connectivity index (χ0n) is 13.1. The van der Waals surface area contributed by atoms with E-state index in [2.05, 4.69) is 15.3 Å². The molecule has 1 aliphatic heterocycles. The maximum atomic E-state index is 13.0. The summed E-state index contributed by atoms with van der Waals surface area (Å²) in [5.74, 6) is 0.0865. The third-order valence-corrected chi connectivity index (χ3v) is 4.51. The van der Waals surface area contributed by atoms with Crippen molar-refractivity contribution < 1.29 is 4.79 Å². The minimum absolute atomic E-state index is 0.0865. The number of amides is 1. The van der Waals surface area contributed by atoms with Crippen LogP contribution in [0.25, 0.3) is 10.9 Å². The average Bonchev–Trinajstić information content (AvgIpc) is 3.27. The van der Waals surface area contributed by atoms with Crippen LogP contribution < -0.4 is 0 Å². The second-order valence-corrected chi connectivity index (χ2v) is 6.17. The zero-order chi connectivity index (χ0) is 15.8. The largest absolute Gasteiger partial charge is 0.334 e. The Bertz CT molecular complexity index is 849. The molecule has 3 heterocycles. The van der Waals surface area contributed by atoms with Crippen LogP contribution in [-0.4, -0.2) is 43.4 Å². The fourth-order valence-electron chi connectivity index (χ4n) is 3.38. The number of aromatic nitrogens is 4. The number of H-pyrrole nitrogens is 1. The Morgan fingerprint density at radius 1 is 1.39 bits per heavy atom. The predicted molar refractivity (Wildman–Crippen MR) is 87.1 cm³/mol. The van der Waals surface area contributed by atoms with Gasteiger partial charge in [0.1, 0.15) is 0 Å². The highest BCUT2D eigenvalue weighted by molar-refractivity contribution is 6.06. The second-order valence-electron chi connectivity index (χ2n) is 6.17. The van der Waals surface area contributed by atoms with E-state index in [4.69, 9.17) is 0 Å². The Kier molecular flexibility index (Phi) is 3.37. The zero-order valence-corrected chi connectivity index (χ0v) is 13.1. The summed E-state index contributed by atoms with van der Waals surface area (Å²) < 4.78 is 1.93. The molecule has 1 saturated heterocycles. The highest BCUT2D eigenvalue weighted by Crippen LogP contribution is 2.24. The van der Waals surface area contributed by atoms with Crippen molar-refractivity contribution in [3.63, 3.8) is 0 Å². The molecule has 1 atom stereocenters. The first-order valence-electron chi connectivity index (χ1n) is 7.94. The van der Waals surface area contributed by atoms with E-state index >= 15 is 0 Å². The van der Waals surface area contributed by atoms with E-state index in [0.717, 1.165) is 48.0 Å². The lowest BCUT2D eigenvalue weighted by Gasteiger charge is -2.25. The Balaban J connectivity index is 1.60. The summed E-state index contributed by atoms with van der Waals surface area (Å²) in [6.07, 6.45) is 7.67. The first kappa shape index (κ1) is 14.0. The Hall–Kier alpha value is -2.63. The maximum absolute atomic E-state index is 13.0. The standard InChI is InChI=1S/C17H19N5O/c1-12-8-19-21(10-12)11-13-4-3-7-22(13)17(23)14-5-2-6-16-15(14)9-18-20-16/h2,5-6,8-10,13H,3-4,7,11H2,1H3,(H,18,20)/t13-/m0/s1. The van der Waals surface area contributed by atoms with Crippen LogP contribution in [0.4, 0.5) is 0 Å². The van der Waals surface area contributed by atoms with Crippen LogP contribution in [-0.2, 0) is 6.54 Å². The molecule has 4 rings (SSSR count). The number of fused-ring (bicyclic) bond motifs is 1. The van der Waals surface area contributed by atoms with E-state index in [-0.39, 0.29) is 11.9 Å². The number of nitrogens with zero attached hydrogens (tertiary/aromatic N) is 4. The van der Waals surface area contributed by atoms with Gasteiger partial charge in [0.15, 0.2) is 0 Å². The molecule has 0 unspecified atom stereocenters.